The molecule has 0 radical (unpaired) electrons. The fourth-order valence-electron chi connectivity index (χ4n) is 2.24. The molecule has 8 nitrogen and oxygen atoms in total. The second-order valence-electron chi connectivity index (χ2n) is 4.75. The van der Waals surface area contributed by atoms with Crippen molar-refractivity contribution in [2.75, 3.05) is 0 Å². The fourth-order valence-corrected chi connectivity index (χ4v) is 2.44. The van der Waals surface area contributed by atoms with Gasteiger partial charge in [0.15, 0.2) is 16.4 Å². The topological polar surface area (TPSA) is 91.6 Å². The lowest BCUT2D eigenvalue weighted by atomic mass is 10.4. The first-order chi connectivity index (χ1) is 11.2. The van der Waals surface area contributed by atoms with Gasteiger partial charge in [0.1, 0.15) is 11.4 Å². The molecule has 4 rings (SSSR count). The van der Waals surface area contributed by atoms with Gasteiger partial charge in [-0.3, -0.25) is 4.57 Å². The molecule has 0 unspecified atom stereocenters. The van der Waals surface area contributed by atoms with Crippen LogP contribution in [0.2, 0.25) is 5.15 Å². The average molecular weight is 329 g/mol. The zero-order chi connectivity index (χ0) is 15.8. The van der Waals surface area contributed by atoms with Crippen molar-refractivity contribution in [3.05, 3.63) is 64.3 Å². The molecule has 0 fully saturated rings. The van der Waals surface area contributed by atoms with Crippen LogP contribution in [0.5, 0.6) is 0 Å². The van der Waals surface area contributed by atoms with Crippen molar-refractivity contribution in [2.24, 2.45) is 0 Å². The lowest BCUT2D eigenvalue weighted by Gasteiger charge is -2.00. The van der Waals surface area contributed by atoms with Gasteiger partial charge in [0.25, 0.3) is 0 Å². The van der Waals surface area contributed by atoms with Gasteiger partial charge in [-0.25, -0.2) is 19.4 Å². The van der Waals surface area contributed by atoms with E-state index in [0.717, 1.165) is 0 Å². The molecule has 0 aliphatic rings. The number of hydrogen-bond acceptors (Lipinski definition) is 6. The molecule has 4 heterocycles. The number of hydrogen-bond donors (Lipinski definition) is 0. The molecule has 0 aliphatic carbocycles. The van der Waals surface area contributed by atoms with Crippen LogP contribution in [-0.4, -0.2) is 29.5 Å². The summed E-state index contributed by atoms with van der Waals surface area (Å²) in [6, 6.07) is 6.91. The lowest BCUT2D eigenvalue weighted by Crippen LogP contribution is -2.15. The molecule has 114 valence electrons. The molecular weight excluding hydrogens is 320 g/mol. The van der Waals surface area contributed by atoms with Gasteiger partial charge in [0.05, 0.1) is 12.7 Å². The molecule has 0 spiro atoms. The summed E-state index contributed by atoms with van der Waals surface area (Å²) in [4.78, 5) is 20.1. The average Bonchev–Trinajstić information content (AvgIpc) is 3.14. The van der Waals surface area contributed by atoms with E-state index in [1.807, 2.05) is 0 Å². The predicted molar refractivity (Wildman–Crippen MR) is 81.5 cm³/mol. The van der Waals surface area contributed by atoms with Crippen LogP contribution in [-0.2, 0) is 6.54 Å². The Bertz CT molecular complexity index is 1050. The molecule has 0 aliphatic heterocycles. The van der Waals surface area contributed by atoms with E-state index in [0.29, 0.717) is 27.8 Å². The molecule has 4 aromatic heterocycles. The van der Waals surface area contributed by atoms with Crippen LogP contribution >= 0.6 is 11.6 Å². The van der Waals surface area contributed by atoms with E-state index in [1.165, 1.54) is 9.25 Å². The normalized spacial score (nSPS) is 11.2. The van der Waals surface area contributed by atoms with E-state index < -0.39 is 5.76 Å². The van der Waals surface area contributed by atoms with E-state index in [4.69, 9.17) is 16.0 Å². The number of halogens is 1. The molecule has 0 amide bonds. The number of oxazole rings is 1. The van der Waals surface area contributed by atoms with Gasteiger partial charge < -0.3 is 4.42 Å². The highest BCUT2D eigenvalue weighted by molar-refractivity contribution is 6.31. The lowest BCUT2D eigenvalue weighted by molar-refractivity contribution is 0.515. The molecule has 0 N–H and O–H groups in total. The largest absolute Gasteiger partial charge is 0.421 e. The summed E-state index contributed by atoms with van der Waals surface area (Å²) in [5.41, 5.74) is 2.07. The minimum atomic E-state index is -0.493. The Morgan fingerprint density at radius 3 is 2.87 bits per heavy atom. The summed E-state index contributed by atoms with van der Waals surface area (Å²) in [7, 11) is 0. The van der Waals surface area contributed by atoms with Gasteiger partial charge in [-0.05, 0) is 24.3 Å². The van der Waals surface area contributed by atoms with Crippen molar-refractivity contribution in [2.45, 2.75) is 6.54 Å². The maximum absolute atomic E-state index is 11.9. The van der Waals surface area contributed by atoms with Gasteiger partial charge in [-0.2, -0.15) is 0 Å². The zero-order valence-corrected chi connectivity index (χ0v) is 12.4. The van der Waals surface area contributed by atoms with Crippen LogP contribution in [0.25, 0.3) is 16.9 Å². The third-order valence-electron chi connectivity index (χ3n) is 3.27. The van der Waals surface area contributed by atoms with Crippen LogP contribution in [0.1, 0.15) is 5.69 Å². The van der Waals surface area contributed by atoms with Gasteiger partial charge in [0, 0.05) is 12.4 Å². The predicted octanol–water partition coefficient (Wildman–Crippen LogP) is 1.67. The van der Waals surface area contributed by atoms with Gasteiger partial charge in [-0.1, -0.05) is 16.8 Å². The Labute approximate surface area is 134 Å². The molecule has 23 heavy (non-hydrogen) atoms. The van der Waals surface area contributed by atoms with Crippen molar-refractivity contribution in [1.82, 2.24) is 29.5 Å². The van der Waals surface area contributed by atoms with Crippen LogP contribution in [0.3, 0.4) is 0 Å². The van der Waals surface area contributed by atoms with Crippen molar-refractivity contribution in [1.29, 1.82) is 0 Å². The van der Waals surface area contributed by atoms with Gasteiger partial charge >= 0.3 is 5.76 Å². The highest BCUT2D eigenvalue weighted by Gasteiger charge is 2.13. The molecule has 0 saturated heterocycles. The molecule has 9 heteroatoms. The van der Waals surface area contributed by atoms with Crippen molar-refractivity contribution >= 4 is 22.8 Å². The van der Waals surface area contributed by atoms with Crippen molar-refractivity contribution in [3.8, 4) is 5.69 Å². The van der Waals surface area contributed by atoms with E-state index in [1.54, 1.807) is 42.9 Å². The summed E-state index contributed by atoms with van der Waals surface area (Å²) >= 11 is 6.03. The summed E-state index contributed by atoms with van der Waals surface area (Å²) in [6.07, 6.45) is 4.86. The highest BCUT2D eigenvalue weighted by Crippen LogP contribution is 2.16. The molecule has 0 aromatic carbocycles. The maximum atomic E-state index is 11.9. The number of aromatic nitrogens is 6. The summed E-state index contributed by atoms with van der Waals surface area (Å²) in [6.45, 7) is 0.195. The quantitative estimate of drug-likeness (QED) is 0.531. The minimum absolute atomic E-state index is 0.195. The van der Waals surface area contributed by atoms with Gasteiger partial charge in [0.2, 0.25) is 0 Å². The van der Waals surface area contributed by atoms with Crippen LogP contribution < -0.4 is 5.76 Å². The van der Waals surface area contributed by atoms with E-state index in [-0.39, 0.29) is 6.54 Å². The molecule has 0 saturated carbocycles. The van der Waals surface area contributed by atoms with Crippen molar-refractivity contribution in [3.63, 3.8) is 0 Å². The second-order valence-corrected chi connectivity index (χ2v) is 5.11. The summed E-state index contributed by atoms with van der Waals surface area (Å²) in [5, 5.41) is 8.38. The van der Waals surface area contributed by atoms with E-state index in [2.05, 4.69) is 20.3 Å². The zero-order valence-electron chi connectivity index (χ0n) is 11.6. The minimum Gasteiger partial charge on any atom is -0.406 e. The first-order valence-electron chi connectivity index (χ1n) is 6.69. The van der Waals surface area contributed by atoms with Crippen LogP contribution in [0.15, 0.2) is 52.1 Å². The van der Waals surface area contributed by atoms with E-state index >= 15 is 0 Å². The number of fused-ring (bicyclic) bond motifs is 1. The standard InChI is InChI=1S/C14H9ClN6O2/c15-12-10(3-1-5-16-12)21-8-9(18-19-21)7-20-13-11(23-14(20)22)4-2-6-17-13/h1-6,8H,7H2. The third kappa shape index (κ3) is 2.38. The smallest absolute Gasteiger partial charge is 0.406 e. The molecule has 0 atom stereocenters. The molecule has 0 bridgehead atoms. The Hall–Kier alpha value is -3.00. The third-order valence-corrected chi connectivity index (χ3v) is 3.56. The number of rotatable bonds is 3. The Kier molecular flexibility index (Phi) is 3.16. The maximum Gasteiger partial charge on any atom is 0.421 e. The Morgan fingerprint density at radius 1 is 1.17 bits per heavy atom. The van der Waals surface area contributed by atoms with E-state index in [9.17, 15) is 4.79 Å². The molecular formula is C14H9ClN6O2. The monoisotopic (exact) mass is 328 g/mol. The second kappa shape index (κ2) is 5.33. The van der Waals surface area contributed by atoms with Crippen LogP contribution in [0, 0.1) is 0 Å². The molecule has 4 aromatic rings. The SMILES string of the molecule is O=c1oc2cccnc2n1Cc1cn(-c2cccnc2Cl)nn1. The first kappa shape index (κ1) is 13.6. The van der Waals surface area contributed by atoms with Gasteiger partial charge in [-0.15, -0.1) is 5.10 Å². The summed E-state index contributed by atoms with van der Waals surface area (Å²) < 4.78 is 8.04. The number of nitrogens with zero attached hydrogens (tertiary/aromatic N) is 6. The first-order valence-corrected chi connectivity index (χ1v) is 7.06. The van der Waals surface area contributed by atoms with Crippen LogP contribution in [0.4, 0.5) is 0 Å². The Morgan fingerprint density at radius 2 is 2.00 bits per heavy atom. The fraction of sp³-hybridized carbons (Fsp3) is 0.0714. The highest BCUT2D eigenvalue weighted by atomic mass is 35.5. The Balaban J connectivity index is 1.72. The number of pyridine rings is 2. The summed E-state index contributed by atoms with van der Waals surface area (Å²) in [5.74, 6) is -0.493. The van der Waals surface area contributed by atoms with Crippen molar-refractivity contribution < 1.29 is 4.42 Å².